The zero-order chi connectivity index (χ0) is 16.3. The van der Waals surface area contributed by atoms with Gasteiger partial charge < -0.3 is 5.11 Å². The lowest BCUT2D eigenvalue weighted by molar-refractivity contribution is -0.139. The van der Waals surface area contributed by atoms with Gasteiger partial charge in [-0.3, -0.25) is 9.59 Å². The standard InChI is InChI=1S/C15H19NO5S/c1-2-4-13(15(18)19)16-22(20,21)11-8-7-10-5-3-6-14(17)12(10)9-11/h7-9,13,16H,2-6H2,1H3,(H,18,19). The fourth-order valence-electron chi connectivity index (χ4n) is 2.55. The molecular formula is C15H19NO5S. The number of sulfonamides is 1. The number of hydrogen-bond acceptors (Lipinski definition) is 4. The van der Waals surface area contributed by atoms with Crippen LogP contribution in [0.2, 0.25) is 0 Å². The summed E-state index contributed by atoms with van der Waals surface area (Å²) < 4.78 is 26.9. The maximum absolute atomic E-state index is 12.3. The van der Waals surface area contributed by atoms with Crippen LogP contribution in [0.25, 0.3) is 0 Å². The third-order valence-electron chi connectivity index (χ3n) is 3.71. The molecule has 120 valence electrons. The lowest BCUT2D eigenvalue weighted by atomic mass is 9.91. The second-order valence-electron chi connectivity index (χ2n) is 5.40. The van der Waals surface area contributed by atoms with Crippen molar-refractivity contribution >= 4 is 21.8 Å². The number of carbonyl (C=O) groups excluding carboxylic acids is 1. The van der Waals surface area contributed by atoms with Gasteiger partial charge in [0.2, 0.25) is 10.0 Å². The Bertz CT molecular complexity index is 696. The summed E-state index contributed by atoms with van der Waals surface area (Å²) in [5.74, 6) is -1.28. The van der Waals surface area contributed by atoms with E-state index in [1.54, 1.807) is 13.0 Å². The van der Waals surface area contributed by atoms with E-state index in [4.69, 9.17) is 5.11 Å². The topological polar surface area (TPSA) is 101 Å². The van der Waals surface area contributed by atoms with Crippen LogP contribution in [-0.2, 0) is 21.2 Å². The number of hydrogen-bond donors (Lipinski definition) is 2. The van der Waals surface area contributed by atoms with Gasteiger partial charge in [-0.25, -0.2) is 8.42 Å². The molecule has 0 amide bonds. The van der Waals surface area contributed by atoms with E-state index < -0.39 is 22.0 Å². The summed E-state index contributed by atoms with van der Waals surface area (Å²) in [6.45, 7) is 1.78. The highest BCUT2D eigenvalue weighted by Gasteiger charge is 2.26. The predicted molar refractivity (Wildman–Crippen MR) is 80.4 cm³/mol. The molecule has 2 N–H and O–H groups in total. The summed E-state index contributed by atoms with van der Waals surface area (Å²) in [6.07, 6.45) is 2.69. The van der Waals surface area contributed by atoms with Crippen LogP contribution in [0, 0.1) is 0 Å². The van der Waals surface area contributed by atoms with Crippen LogP contribution in [0.3, 0.4) is 0 Å². The van der Waals surface area contributed by atoms with Crippen LogP contribution >= 0.6 is 0 Å². The molecule has 1 aromatic rings. The normalized spacial score (nSPS) is 16.1. The van der Waals surface area contributed by atoms with Gasteiger partial charge in [0.25, 0.3) is 0 Å². The third kappa shape index (κ3) is 3.53. The van der Waals surface area contributed by atoms with E-state index >= 15 is 0 Å². The Balaban J connectivity index is 2.31. The monoisotopic (exact) mass is 325 g/mol. The minimum absolute atomic E-state index is 0.0659. The average Bonchev–Trinajstić information content (AvgIpc) is 2.46. The summed E-state index contributed by atoms with van der Waals surface area (Å²) in [5.41, 5.74) is 1.27. The number of benzene rings is 1. The lowest BCUT2D eigenvalue weighted by Crippen LogP contribution is -2.40. The van der Waals surface area contributed by atoms with Crippen molar-refractivity contribution in [2.45, 2.75) is 50.0 Å². The van der Waals surface area contributed by atoms with Gasteiger partial charge in [0.1, 0.15) is 6.04 Å². The first-order chi connectivity index (χ1) is 10.3. The Morgan fingerprint density at radius 3 is 2.73 bits per heavy atom. The molecule has 1 aliphatic carbocycles. The van der Waals surface area contributed by atoms with E-state index in [-0.39, 0.29) is 17.1 Å². The van der Waals surface area contributed by atoms with Crippen molar-refractivity contribution < 1.29 is 23.1 Å². The number of nitrogens with one attached hydrogen (secondary N) is 1. The Kier molecular flexibility index (Phi) is 4.97. The number of rotatable bonds is 6. The molecule has 1 unspecified atom stereocenters. The van der Waals surface area contributed by atoms with Gasteiger partial charge in [-0.1, -0.05) is 19.4 Å². The second kappa shape index (κ2) is 6.58. The van der Waals surface area contributed by atoms with E-state index in [0.29, 0.717) is 18.4 Å². The average molecular weight is 325 g/mol. The summed E-state index contributed by atoms with van der Waals surface area (Å²) >= 11 is 0. The molecule has 1 aromatic carbocycles. The Labute approximate surface area is 129 Å². The van der Waals surface area contributed by atoms with Crippen molar-refractivity contribution in [1.29, 1.82) is 0 Å². The molecule has 1 aliphatic rings. The summed E-state index contributed by atoms with van der Waals surface area (Å²) in [6, 6.07) is 3.24. The van der Waals surface area contributed by atoms with Gasteiger partial charge in [0, 0.05) is 12.0 Å². The highest BCUT2D eigenvalue weighted by molar-refractivity contribution is 7.89. The van der Waals surface area contributed by atoms with E-state index in [1.165, 1.54) is 12.1 Å². The molecule has 7 heteroatoms. The van der Waals surface area contributed by atoms with Crippen molar-refractivity contribution in [2.75, 3.05) is 0 Å². The van der Waals surface area contributed by atoms with Gasteiger partial charge >= 0.3 is 5.97 Å². The van der Waals surface area contributed by atoms with Crippen LogP contribution in [0.5, 0.6) is 0 Å². The minimum Gasteiger partial charge on any atom is -0.480 e. The highest BCUT2D eigenvalue weighted by atomic mass is 32.2. The second-order valence-corrected chi connectivity index (χ2v) is 7.11. The zero-order valence-corrected chi connectivity index (χ0v) is 13.1. The summed E-state index contributed by atoms with van der Waals surface area (Å²) in [5, 5.41) is 9.07. The Hall–Kier alpha value is -1.73. The first-order valence-corrected chi connectivity index (χ1v) is 8.74. The lowest BCUT2D eigenvalue weighted by Gasteiger charge is -2.17. The summed E-state index contributed by atoms with van der Waals surface area (Å²) in [7, 11) is -3.97. The first-order valence-electron chi connectivity index (χ1n) is 7.26. The number of aliphatic carboxylic acids is 1. The molecule has 0 heterocycles. The molecule has 0 radical (unpaired) electrons. The summed E-state index contributed by atoms with van der Waals surface area (Å²) in [4.78, 5) is 22.9. The number of ketones is 1. The van der Waals surface area contributed by atoms with Crippen molar-refractivity contribution in [1.82, 2.24) is 4.72 Å². The van der Waals surface area contributed by atoms with Crippen molar-refractivity contribution in [3.63, 3.8) is 0 Å². The molecule has 6 nitrogen and oxygen atoms in total. The van der Waals surface area contributed by atoms with Crippen molar-refractivity contribution in [3.05, 3.63) is 29.3 Å². The van der Waals surface area contributed by atoms with Crippen LogP contribution in [-0.4, -0.2) is 31.3 Å². The molecular weight excluding hydrogens is 306 g/mol. The molecule has 0 bridgehead atoms. The maximum atomic E-state index is 12.3. The smallest absolute Gasteiger partial charge is 0.321 e. The molecule has 0 fully saturated rings. The third-order valence-corrected chi connectivity index (χ3v) is 5.18. The zero-order valence-electron chi connectivity index (χ0n) is 12.3. The minimum atomic E-state index is -3.97. The molecule has 2 rings (SSSR count). The number of fused-ring (bicyclic) bond motifs is 1. The first kappa shape index (κ1) is 16.6. The highest BCUT2D eigenvalue weighted by Crippen LogP contribution is 2.24. The number of carbonyl (C=O) groups is 2. The SMILES string of the molecule is CCCC(NS(=O)(=O)c1ccc2c(c1)C(=O)CCC2)C(=O)O. The van der Waals surface area contributed by atoms with E-state index in [1.807, 2.05) is 0 Å². The molecule has 1 atom stereocenters. The van der Waals surface area contributed by atoms with E-state index in [2.05, 4.69) is 4.72 Å². The van der Waals surface area contributed by atoms with E-state index in [0.717, 1.165) is 18.4 Å². The van der Waals surface area contributed by atoms with Gasteiger partial charge in [-0.05, 0) is 37.0 Å². The quantitative estimate of drug-likeness (QED) is 0.829. The number of carboxylic acid groups (broad SMARTS) is 1. The van der Waals surface area contributed by atoms with Crippen LogP contribution in [0.1, 0.15) is 48.5 Å². The molecule has 0 aromatic heterocycles. The largest absolute Gasteiger partial charge is 0.480 e. The Morgan fingerprint density at radius 2 is 2.09 bits per heavy atom. The molecule has 22 heavy (non-hydrogen) atoms. The van der Waals surface area contributed by atoms with Crippen molar-refractivity contribution in [2.24, 2.45) is 0 Å². The van der Waals surface area contributed by atoms with Gasteiger partial charge in [-0.15, -0.1) is 0 Å². The predicted octanol–water partition coefficient (Wildman–Crippen LogP) is 1.74. The maximum Gasteiger partial charge on any atom is 0.321 e. The van der Waals surface area contributed by atoms with E-state index in [9.17, 15) is 18.0 Å². The van der Waals surface area contributed by atoms with Crippen molar-refractivity contribution in [3.8, 4) is 0 Å². The number of carboxylic acids is 1. The van der Waals surface area contributed by atoms with Gasteiger partial charge in [-0.2, -0.15) is 4.72 Å². The number of Topliss-reactive ketones (excluding diaryl/α,β-unsaturated/α-hetero) is 1. The molecule has 0 saturated carbocycles. The van der Waals surface area contributed by atoms with Gasteiger partial charge in [0.05, 0.1) is 4.90 Å². The van der Waals surface area contributed by atoms with Gasteiger partial charge in [0.15, 0.2) is 5.78 Å². The Morgan fingerprint density at radius 1 is 1.36 bits per heavy atom. The number of aryl methyl sites for hydroxylation is 1. The van der Waals surface area contributed by atoms with Crippen LogP contribution in [0.4, 0.5) is 0 Å². The molecule has 0 saturated heterocycles. The molecule has 0 aliphatic heterocycles. The fraction of sp³-hybridized carbons (Fsp3) is 0.467. The van der Waals surface area contributed by atoms with Crippen LogP contribution in [0.15, 0.2) is 23.1 Å². The van der Waals surface area contributed by atoms with Crippen LogP contribution < -0.4 is 4.72 Å². The molecule has 0 spiro atoms. The fourth-order valence-corrected chi connectivity index (χ4v) is 3.80.